The van der Waals surface area contributed by atoms with Gasteiger partial charge in [0.15, 0.2) is 4.90 Å². The van der Waals surface area contributed by atoms with Gasteiger partial charge in [-0.2, -0.15) is 9.29 Å². The molecular weight excluding hydrogens is 412 g/mol. The lowest BCUT2D eigenvalue weighted by Crippen LogP contribution is -2.36. The van der Waals surface area contributed by atoms with Gasteiger partial charge in [-0.15, -0.1) is 0 Å². The fourth-order valence-corrected chi connectivity index (χ4v) is 4.55. The predicted octanol–water partition coefficient (Wildman–Crippen LogP) is 3.25. The molecule has 1 aromatic heterocycles. The Kier molecular flexibility index (Phi) is 6.13. The van der Waals surface area contributed by atoms with Crippen LogP contribution in [0.15, 0.2) is 57.9 Å². The average molecular weight is 432 g/mol. The number of hydrogen-bond acceptors (Lipinski definition) is 8. The molecule has 11 heteroatoms. The van der Waals surface area contributed by atoms with Crippen molar-refractivity contribution >= 4 is 15.7 Å². The lowest BCUT2D eigenvalue weighted by molar-refractivity contribution is -0.387. The summed E-state index contributed by atoms with van der Waals surface area (Å²) in [4.78, 5) is 14.4. The highest BCUT2D eigenvalue weighted by Gasteiger charge is 2.34. The third kappa shape index (κ3) is 4.31. The van der Waals surface area contributed by atoms with E-state index in [0.717, 1.165) is 10.4 Å². The Hall–Kier alpha value is -3.31. The summed E-state index contributed by atoms with van der Waals surface area (Å²) in [5.41, 5.74) is 0.177. The number of ether oxygens (including phenoxy) is 1. The van der Waals surface area contributed by atoms with Crippen molar-refractivity contribution in [3.63, 3.8) is 0 Å². The summed E-state index contributed by atoms with van der Waals surface area (Å²) in [6, 6.07) is 11.7. The molecule has 0 atom stereocenters. The van der Waals surface area contributed by atoms with Crippen LogP contribution in [0.5, 0.6) is 5.75 Å². The van der Waals surface area contributed by atoms with Gasteiger partial charge >= 0.3 is 0 Å². The number of sulfonamides is 1. The molecule has 0 N–H and O–H groups in total. The number of methoxy groups -OCH3 is 1. The molecule has 0 radical (unpaired) electrons. The van der Waals surface area contributed by atoms with Gasteiger partial charge < -0.3 is 9.26 Å². The molecule has 0 bridgehead atoms. The van der Waals surface area contributed by atoms with E-state index < -0.39 is 31.6 Å². The number of rotatable bonds is 8. The van der Waals surface area contributed by atoms with Gasteiger partial charge in [0.1, 0.15) is 5.75 Å². The van der Waals surface area contributed by atoms with Crippen LogP contribution >= 0.6 is 0 Å². The molecule has 0 fully saturated rings. The Morgan fingerprint density at radius 2 is 1.83 bits per heavy atom. The molecule has 3 aromatic rings. The highest BCUT2D eigenvalue weighted by molar-refractivity contribution is 7.89. The zero-order chi connectivity index (χ0) is 21.9. The minimum atomic E-state index is -4.19. The maximum absolute atomic E-state index is 13.2. The molecule has 30 heavy (non-hydrogen) atoms. The fourth-order valence-electron chi connectivity index (χ4n) is 2.81. The fraction of sp³-hybridized carbons (Fsp3) is 0.263. The molecule has 0 spiro atoms. The van der Waals surface area contributed by atoms with Crippen molar-refractivity contribution < 1.29 is 22.6 Å². The van der Waals surface area contributed by atoms with E-state index >= 15 is 0 Å². The molecular formula is C19H20N4O6S. The highest BCUT2D eigenvalue weighted by atomic mass is 32.2. The van der Waals surface area contributed by atoms with E-state index in [1.807, 2.05) is 0 Å². The van der Waals surface area contributed by atoms with E-state index in [2.05, 4.69) is 10.1 Å². The van der Waals surface area contributed by atoms with E-state index in [0.29, 0.717) is 17.1 Å². The number of nitro groups is 1. The van der Waals surface area contributed by atoms with Crippen molar-refractivity contribution in [2.45, 2.75) is 31.3 Å². The van der Waals surface area contributed by atoms with E-state index in [-0.39, 0.29) is 12.4 Å². The second-order valence-corrected chi connectivity index (χ2v) is 8.47. The average Bonchev–Trinajstić information content (AvgIpc) is 3.20. The summed E-state index contributed by atoms with van der Waals surface area (Å²) in [6.07, 6.45) is 0. The third-order valence-corrected chi connectivity index (χ3v) is 6.40. The van der Waals surface area contributed by atoms with Crippen molar-refractivity contribution in [3.05, 3.63) is 64.5 Å². The van der Waals surface area contributed by atoms with E-state index in [4.69, 9.17) is 9.26 Å². The Morgan fingerprint density at radius 1 is 1.17 bits per heavy atom. The molecule has 2 aromatic carbocycles. The SMILES string of the molecule is COc1ccc(-c2noc(CN(C(C)C)S(=O)(=O)c3ccccc3[N+](=O)[O-])n2)cc1. The molecule has 0 aliphatic rings. The number of benzene rings is 2. The van der Waals surface area contributed by atoms with Crippen LogP contribution < -0.4 is 4.74 Å². The second-order valence-electron chi connectivity index (χ2n) is 6.61. The van der Waals surface area contributed by atoms with Gasteiger partial charge in [-0.3, -0.25) is 10.1 Å². The Balaban J connectivity index is 1.91. The summed E-state index contributed by atoms with van der Waals surface area (Å²) >= 11 is 0. The molecule has 0 aliphatic carbocycles. The Morgan fingerprint density at radius 3 is 2.43 bits per heavy atom. The Bertz CT molecular complexity index is 1140. The van der Waals surface area contributed by atoms with Crippen LogP contribution in [0.25, 0.3) is 11.4 Å². The highest BCUT2D eigenvalue weighted by Crippen LogP contribution is 2.29. The van der Waals surface area contributed by atoms with Crippen LogP contribution in [-0.2, 0) is 16.6 Å². The number of para-hydroxylation sites is 1. The van der Waals surface area contributed by atoms with Crippen LogP contribution in [0.4, 0.5) is 5.69 Å². The lowest BCUT2D eigenvalue weighted by atomic mass is 10.2. The van der Waals surface area contributed by atoms with Crippen LogP contribution in [0, 0.1) is 10.1 Å². The molecule has 1 heterocycles. The standard InChI is InChI=1S/C19H20N4O6S/c1-13(2)22(30(26,27)17-7-5-4-6-16(17)23(24)25)12-18-20-19(21-29-18)14-8-10-15(28-3)11-9-14/h4-11,13H,12H2,1-3H3. The van der Waals surface area contributed by atoms with Gasteiger partial charge in [-0.25, -0.2) is 8.42 Å². The zero-order valence-corrected chi connectivity index (χ0v) is 17.4. The van der Waals surface area contributed by atoms with Crippen molar-refractivity contribution in [3.8, 4) is 17.1 Å². The molecule has 10 nitrogen and oxygen atoms in total. The van der Waals surface area contributed by atoms with Crippen LogP contribution in [0.2, 0.25) is 0 Å². The molecule has 0 aliphatic heterocycles. The Labute approximate surface area is 173 Å². The lowest BCUT2D eigenvalue weighted by Gasteiger charge is -2.24. The molecule has 3 rings (SSSR count). The van der Waals surface area contributed by atoms with E-state index in [9.17, 15) is 18.5 Å². The molecule has 0 saturated carbocycles. The number of aromatic nitrogens is 2. The van der Waals surface area contributed by atoms with E-state index in [1.54, 1.807) is 45.2 Å². The van der Waals surface area contributed by atoms with Crippen molar-refractivity contribution in [2.24, 2.45) is 0 Å². The first-order valence-electron chi connectivity index (χ1n) is 8.96. The first-order chi connectivity index (χ1) is 14.2. The van der Waals surface area contributed by atoms with Gasteiger partial charge in [0.05, 0.1) is 18.6 Å². The molecule has 0 unspecified atom stereocenters. The van der Waals surface area contributed by atoms with Gasteiger partial charge in [-0.05, 0) is 44.2 Å². The van der Waals surface area contributed by atoms with Crippen LogP contribution in [0.1, 0.15) is 19.7 Å². The van der Waals surface area contributed by atoms with Gasteiger partial charge in [0, 0.05) is 17.7 Å². The monoisotopic (exact) mass is 432 g/mol. The first kappa shape index (κ1) is 21.4. The van der Waals surface area contributed by atoms with Crippen LogP contribution in [-0.4, -0.2) is 40.9 Å². The van der Waals surface area contributed by atoms with Gasteiger partial charge in [-0.1, -0.05) is 17.3 Å². The zero-order valence-electron chi connectivity index (χ0n) is 16.5. The summed E-state index contributed by atoms with van der Waals surface area (Å²) in [6.45, 7) is 3.09. The smallest absolute Gasteiger partial charge is 0.289 e. The second kappa shape index (κ2) is 8.59. The van der Waals surface area contributed by atoms with Crippen molar-refractivity contribution in [1.29, 1.82) is 0 Å². The van der Waals surface area contributed by atoms with Gasteiger partial charge in [0.2, 0.25) is 11.7 Å². The minimum Gasteiger partial charge on any atom is -0.497 e. The minimum absolute atomic E-state index is 0.0664. The summed E-state index contributed by atoms with van der Waals surface area (Å²) in [5, 5.41) is 15.2. The maximum Gasteiger partial charge on any atom is 0.289 e. The van der Waals surface area contributed by atoms with Crippen molar-refractivity contribution in [2.75, 3.05) is 7.11 Å². The molecule has 0 saturated heterocycles. The van der Waals surface area contributed by atoms with E-state index in [1.165, 1.54) is 18.2 Å². The van der Waals surface area contributed by atoms with Crippen molar-refractivity contribution in [1.82, 2.24) is 14.4 Å². The number of hydrogen-bond donors (Lipinski definition) is 0. The summed E-state index contributed by atoms with van der Waals surface area (Å²) < 4.78 is 37.8. The largest absolute Gasteiger partial charge is 0.497 e. The maximum atomic E-state index is 13.2. The molecule has 158 valence electrons. The quantitative estimate of drug-likeness (QED) is 0.392. The summed E-state index contributed by atoms with van der Waals surface area (Å²) in [5.74, 6) is 1.03. The first-order valence-corrected chi connectivity index (χ1v) is 10.4. The normalized spacial score (nSPS) is 11.8. The van der Waals surface area contributed by atoms with Gasteiger partial charge in [0.25, 0.3) is 15.7 Å². The summed E-state index contributed by atoms with van der Waals surface area (Å²) in [7, 11) is -2.64. The topological polar surface area (TPSA) is 129 Å². The molecule has 0 amide bonds. The third-order valence-electron chi connectivity index (χ3n) is 4.33. The number of nitro benzene ring substituents is 1. The van der Waals surface area contributed by atoms with Crippen LogP contribution in [0.3, 0.4) is 0 Å². The predicted molar refractivity (Wildman–Crippen MR) is 107 cm³/mol. The number of nitrogens with zero attached hydrogens (tertiary/aromatic N) is 4.